The monoisotopic (exact) mass is 460 g/mol. The maximum absolute atomic E-state index is 12.5. The largest absolute Gasteiger partial charge is 0.444 e. The Balaban J connectivity index is 1.48. The molecule has 0 spiro atoms. The molecule has 1 N–H and O–H groups in total. The number of rotatable bonds is 4. The van der Waals surface area contributed by atoms with Gasteiger partial charge < -0.3 is 19.5 Å². The van der Waals surface area contributed by atoms with E-state index >= 15 is 0 Å². The number of carbonyl (C=O) groups excluding carboxylic acids is 1. The first kappa shape index (κ1) is 22.3. The first-order chi connectivity index (χ1) is 16.2. The van der Waals surface area contributed by atoms with E-state index in [1.165, 1.54) is 11.3 Å². The van der Waals surface area contributed by atoms with Gasteiger partial charge in [-0.25, -0.2) is 4.79 Å². The quantitative estimate of drug-likeness (QED) is 0.475. The number of nitrogens with one attached hydrogen (secondary N) is 1. The van der Waals surface area contributed by atoms with Gasteiger partial charge in [0.15, 0.2) is 5.65 Å². The van der Waals surface area contributed by atoms with E-state index in [2.05, 4.69) is 67.8 Å². The molecule has 8 nitrogen and oxygen atoms in total. The van der Waals surface area contributed by atoms with Crippen LogP contribution in [0.3, 0.4) is 0 Å². The van der Waals surface area contributed by atoms with Gasteiger partial charge in [-0.3, -0.25) is 4.40 Å². The predicted molar refractivity (Wildman–Crippen MR) is 133 cm³/mol. The number of amides is 1. The van der Waals surface area contributed by atoms with Crippen LogP contribution in [0.1, 0.15) is 44.3 Å². The number of aromatic nitrogens is 4. The van der Waals surface area contributed by atoms with Crippen molar-refractivity contribution in [3.05, 3.63) is 59.5 Å². The van der Waals surface area contributed by atoms with Crippen LogP contribution in [0.4, 0.5) is 10.5 Å². The molecule has 0 saturated carbocycles. The highest BCUT2D eigenvalue weighted by Gasteiger charge is 2.30. The molecule has 34 heavy (non-hydrogen) atoms. The first-order valence-electron chi connectivity index (χ1n) is 11.8. The third-order valence-electron chi connectivity index (χ3n) is 6.30. The highest BCUT2D eigenvalue weighted by Crippen LogP contribution is 2.30. The number of likely N-dealkylation sites (tertiary alicyclic amines) is 1. The molecule has 4 aromatic rings. The van der Waals surface area contributed by atoms with Gasteiger partial charge in [-0.1, -0.05) is 30.3 Å². The molecule has 5 rings (SSSR count). The number of benzene rings is 1. The fourth-order valence-corrected chi connectivity index (χ4v) is 4.71. The molecular formula is C26H32N6O2. The summed E-state index contributed by atoms with van der Waals surface area (Å²) in [6, 6.07) is 15.0. The van der Waals surface area contributed by atoms with Crippen LogP contribution in [-0.4, -0.2) is 54.9 Å². The Bertz CT molecular complexity index is 1350. The van der Waals surface area contributed by atoms with Crippen molar-refractivity contribution in [2.45, 2.75) is 59.2 Å². The molecule has 1 fully saturated rings. The van der Waals surface area contributed by atoms with Gasteiger partial charge in [0.25, 0.3) is 0 Å². The highest BCUT2D eigenvalue weighted by atomic mass is 16.6. The molecule has 1 amide bonds. The van der Waals surface area contributed by atoms with E-state index in [0.717, 1.165) is 41.2 Å². The number of nitrogens with zero attached hydrogens (tertiary/aromatic N) is 5. The maximum Gasteiger partial charge on any atom is 0.410 e. The molecule has 0 radical (unpaired) electrons. The summed E-state index contributed by atoms with van der Waals surface area (Å²) in [5, 5.41) is 12.5. The van der Waals surface area contributed by atoms with Crippen molar-refractivity contribution < 1.29 is 9.53 Å². The van der Waals surface area contributed by atoms with Crippen LogP contribution >= 0.6 is 0 Å². The lowest BCUT2D eigenvalue weighted by Crippen LogP contribution is -2.36. The van der Waals surface area contributed by atoms with Gasteiger partial charge in [-0.05, 0) is 58.7 Å². The van der Waals surface area contributed by atoms with Gasteiger partial charge >= 0.3 is 6.09 Å². The lowest BCUT2D eigenvalue weighted by atomic mass is 10.2. The average molecular weight is 461 g/mol. The van der Waals surface area contributed by atoms with E-state index in [4.69, 9.17) is 4.74 Å². The zero-order valence-electron chi connectivity index (χ0n) is 20.5. The van der Waals surface area contributed by atoms with Crippen LogP contribution in [-0.2, 0) is 11.3 Å². The number of carbonyl (C=O) groups is 1. The summed E-state index contributed by atoms with van der Waals surface area (Å²) in [4.78, 5) is 14.3. The van der Waals surface area contributed by atoms with E-state index in [9.17, 15) is 4.79 Å². The standard InChI is InChI=1S/C26H32N6O2/c1-17-13-23-22(31(17)15-19-9-7-6-8-10-19)14-21(24-29-28-18(2)32(23)24)27-20-11-12-30(16-20)25(33)34-26(3,4)5/h6-10,13-14,20,27H,11-12,15-16H2,1-5H3/t20-/m0/s1. The van der Waals surface area contributed by atoms with Crippen LogP contribution in [0.15, 0.2) is 42.5 Å². The summed E-state index contributed by atoms with van der Waals surface area (Å²) in [6.07, 6.45) is 0.587. The lowest BCUT2D eigenvalue weighted by Gasteiger charge is -2.24. The fraction of sp³-hybridized carbons (Fsp3) is 0.423. The Kier molecular flexibility index (Phi) is 5.46. The summed E-state index contributed by atoms with van der Waals surface area (Å²) in [5.41, 5.74) is 5.89. The Morgan fingerprint density at radius 3 is 2.62 bits per heavy atom. The molecule has 0 bridgehead atoms. The zero-order valence-corrected chi connectivity index (χ0v) is 20.5. The first-order valence-corrected chi connectivity index (χ1v) is 11.8. The minimum absolute atomic E-state index is 0.115. The van der Waals surface area contributed by atoms with Crippen molar-refractivity contribution in [2.24, 2.45) is 0 Å². The van der Waals surface area contributed by atoms with Crippen molar-refractivity contribution in [3.63, 3.8) is 0 Å². The molecule has 178 valence electrons. The molecule has 4 heterocycles. The van der Waals surface area contributed by atoms with Crippen LogP contribution in [0, 0.1) is 13.8 Å². The molecule has 1 aromatic carbocycles. The van der Waals surface area contributed by atoms with Crippen molar-refractivity contribution in [1.29, 1.82) is 0 Å². The van der Waals surface area contributed by atoms with Crippen LogP contribution < -0.4 is 5.32 Å². The van der Waals surface area contributed by atoms with Crippen LogP contribution in [0.25, 0.3) is 16.7 Å². The molecule has 1 aliphatic rings. The Morgan fingerprint density at radius 2 is 1.88 bits per heavy atom. The predicted octanol–water partition coefficient (Wildman–Crippen LogP) is 4.77. The van der Waals surface area contributed by atoms with Gasteiger partial charge in [-0.2, -0.15) is 0 Å². The molecule has 3 aromatic heterocycles. The van der Waals surface area contributed by atoms with Crippen molar-refractivity contribution in [3.8, 4) is 0 Å². The smallest absolute Gasteiger partial charge is 0.410 e. The van der Waals surface area contributed by atoms with Gasteiger partial charge in [-0.15, -0.1) is 10.2 Å². The Labute approximate surface area is 199 Å². The number of hydrogen-bond acceptors (Lipinski definition) is 5. The van der Waals surface area contributed by atoms with Crippen LogP contribution in [0.5, 0.6) is 0 Å². The van der Waals surface area contributed by atoms with Gasteiger partial charge in [0.05, 0.1) is 16.7 Å². The highest BCUT2D eigenvalue weighted by molar-refractivity contribution is 5.88. The van der Waals surface area contributed by atoms with Crippen molar-refractivity contribution >= 4 is 28.5 Å². The average Bonchev–Trinajstić information content (AvgIpc) is 3.47. The Hall–Kier alpha value is -3.55. The molecule has 0 aliphatic carbocycles. The van der Waals surface area contributed by atoms with E-state index in [1.807, 2.05) is 33.8 Å². The second-order valence-electron chi connectivity index (χ2n) is 10.1. The SMILES string of the molecule is Cc1cc2c(cc(N[C@H]3CCN(C(=O)OC(C)(C)C)C3)c3nnc(C)n32)n1Cc1ccccc1. The number of aryl methyl sites for hydroxylation is 2. The number of ether oxygens (including phenoxy) is 1. The third kappa shape index (κ3) is 4.20. The lowest BCUT2D eigenvalue weighted by molar-refractivity contribution is 0.0293. The molecule has 1 aliphatic heterocycles. The van der Waals surface area contributed by atoms with Crippen molar-refractivity contribution in [1.82, 2.24) is 24.1 Å². The summed E-state index contributed by atoms with van der Waals surface area (Å²) in [6.45, 7) is 11.8. The summed E-state index contributed by atoms with van der Waals surface area (Å²) in [5.74, 6) is 0.849. The van der Waals surface area contributed by atoms with Crippen LogP contribution in [0.2, 0.25) is 0 Å². The minimum atomic E-state index is -0.499. The zero-order chi connectivity index (χ0) is 24.0. The maximum atomic E-state index is 12.5. The van der Waals surface area contributed by atoms with Crippen molar-refractivity contribution in [2.75, 3.05) is 18.4 Å². The number of anilines is 1. The summed E-state index contributed by atoms with van der Waals surface area (Å²) in [7, 11) is 0. The third-order valence-corrected chi connectivity index (χ3v) is 6.30. The van der Waals surface area contributed by atoms with Gasteiger partial charge in [0.2, 0.25) is 0 Å². The van der Waals surface area contributed by atoms with Gasteiger partial charge in [0, 0.05) is 31.4 Å². The Morgan fingerprint density at radius 1 is 1.12 bits per heavy atom. The van der Waals surface area contributed by atoms with E-state index in [0.29, 0.717) is 13.1 Å². The normalized spacial score (nSPS) is 16.5. The summed E-state index contributed by atoms with van der Waals surface area (Å²) < 4.78 is 10.0. The number of pyridine rings is 1. The second kappa shape index (κ2) is 8.34. The molecule has 1 saturated heterocycles. The summed E-state index contributed by atoms with van der Waals surface area (Å²) >= 11 is 0. The minimum Gasteiger partial charge on any atom is -0.444 e. The van der Waals surface area contributed by atoms with E-state index < -0.39 is 5.60 Å². The molecular weight excluding hydrogens is 428 g/mol. The number of fused-ring (bicyclic) bond motifs is 3. The topological polar surface area (TPSA) is 76.7 Å². The van der Waals surface area contributed by atoms with E-state index in [1.54, 1.807) is 4.90 Å². The van der Waals surface area contributed by atoms with Gasteiger partial charge in [0.1, 0.15) is 11.4 Å². The molecule has 0 unspecified atom stereocenters. The molecule has 8 heteroatoms. The fourth-order valence-electron chi connectivity index (χ4n) is 4.71. The van der Waals surface area contributed by atoms with E-state index in [-0.39, 0.29) is 12.1 Å². The second-order valence-corrected chi connectivity index (χ2v) is 10.1. The number of hydrogen-bond donors (Lipinski definition) is 1. The molecule has 1 atom stereocenters.